The molecule has 3 aromatic rings. The molecule has 2 heterocycles. The molecule has 1 saturated heterocycles. The molecule has 1 fully saturated rings. The van der Waals surface area contributed by atoms with Gasteiger partial charge in [0.2, 0.25) is 11.8 Å². The van der Waals surface area contributed by atoms with Crippen LogP contribution in [0.3, 0.4) is 0 Å². The first-order valence-corrected chi connectivity index (χ1v) is 10.5. The minimum absolute atomic E-state index is 0.0414. The molecule has 1 N–H and O–H groups in total. The molecule has 1 unspecified atom stereocenters. The number of rotatable bonds is 5. The molecule has 4 rings (SSSR count). The number of benzene rings is 2. The van der Waals surface area contributed by atoms with Crippen LogP contribution in [0.5, 0.6) is 0 Å². The maximum atomic E-state index is 13.2. The van der Waals surface area contributed by atoms with Crippen molar-refractivity contribution in [3.8, 4) is 0 Å². The number of aromatic amines is 1. The van der Waals surface area contributed by atoms with Gasteiger partial charge in [0, 0.05) is 25.2 Å². The lowest BCUT2D eigenvalue weighted by molar-refractivity contribution is -0.136. The van der Waals surface area contributed by atoms with Crippen LogP contribution in [-0.2, 0) is 16.1 Å². The second-order valence-corrected chi connectivity index (χ2v) is 8.01. The van der Waals surface area contributed by atoms with E-state index < -0.39 is 5.92 Å². The largest absolute Gasteiger partial charge is 0.335 e. The molecular weight excluding hydrogens is 392 g/mol. The summed E-state index contributed by atoms with van der Waals surface area (Å²) in [4.78, 5) is 48.9. The van der Waals surface area contributed by atoms with E-state index in [1.54, 1.807) is 28.0 Å². The summed E-state index contributed by atoms with van der Waals surface area (Å²) in [6, 6.07) is 13.0. The van der Waals surface area contributed by atoms with E-state index >= 15 is 0 Å². The van der Waals surface area contributed by atoms with E-state index in [0.717, 1.165) is 16.8 Å². The van der Waals surface area contributed by atoms with Gasteiger partial charge in [-0.25, -0.2) is 4.98 Å². The number of hydrogen-bond donors (Lipinski definition) is 1. The van der Waals surface area contributed by atoms with Gasteiger partial charge in [0.1, 0.15) is 5.82 Å². The van der Waals surface area contributed by atoms with Crippen molar-refractivity contribution in [2.75, 3.05) is 18.0 Å². The Kier molecular flexibility index (Phi) is 5.59. The summed E-state index contributed by atoms with van der Waals surface area (Å²) in [6.07, 6.45) is 0.185. The van der Waals surface area contributed by atoms with Crippen molar-refractivity contribution >= 4 is 28.4 Å². The van der Waals surface area contributed by atoms with Gasteiger partial charge < -0.3 is 14.8 Å². The predicted octanol–water partition coefficient (Wildman–Crippen LogP) is 2.94. The molecule has 7 nitrogen and oxygen atoms in total. The summed E-state index contributed by atoms with van der Waals surface area (Å²) in [6.45, 7) is 6.91. The second kappa shape index (κ2) is 8.34. The zero-order valence-electron chi connectivity index (χ0n) is 18.0. The topological polar surface area (TPSA) is 86.4 Å². The van der Waals surface area contributed by atoms with Crippen molar-refractivity contribution in [2.24, 2.45) is 5.92 Å². The first kappa shape index (κ1) is 20.8. The van der Waals surface area contributed by atoms with Gasteiger partial charge in [0.25, 0.3) is 5.56 Å². The molecule has 1 aromatic heterocycles. The van der Waals surface area contributed by atoms with E-state index in [4.69, 9.17) is 0 Å². The fourth-order valence-electron chi connectivity index (χ4n) is 4.13. The number of aryl methyl sites for hydroxylation is 1. The Labute approximate surface area is 180 Å². The van der Waals surface area contributed by atoms with E-state index in [1.165, 1.54) is 0 Å². The van der Waals surface area contributed by atoms with Crippen LogP contribution in [0.2, 0.25) is 0 Å². The summed E-state index contributed by atoms with van der Waals surface area (Å²) in [7, 11) is 0. The second-order valence-electron chi connectivity index (χ2n) is 8.01. The van der Waals surface area contributed by atoms with Crippen molar-refractivity contribution in [3.05, 3.63) is 69.8 Å². The summed E-state index contributed by atoms with van der Waals surface area (Å²) < 4.78 is 0. The number of carbonyl (C=O) groups is 2. The highest BCUT2D eigenvalue weighted by Crippen LogP contribution is 2.30. The number of carbonyl (C=O) groups excluding carboxylic acids is 2. The van der Waals surface area contributed by atoms with Gasteiger partial charge in [0.05, 0.1) is 23.4 Å². The van der Waals surface area contributed by atoms with Crippen LogP contribution in [0.1, 0.15) is 30.3 Å². The normalized spacial score (nSPS) is 16.2. The van der Waals surface area contributed by atoms with E-state index in [0.29, 0.717) is 29.8 Å². The Bertz CT molecular complexity index is 1220. The lowest BCUT2D eigenvalue weighted by Gasteiger charge is -2.24. The third-order valence-corrected chi connectivity index (χ3v) is 6.04. The third-order valence-electron chi connectivity index (χ3n) is 6.04. The minimum Gasteiger partial charge on any atom is -0.335 e. The van der Waals surface area contributed by atoms with Gasteiger partial charge in [-0.05, 0) is 50.1 Å². The van der Waals surface area contributed by atoms with Gasteiger partial charge in [0.15, 0.2) is 0 Å². The molecule has 1 aliphatic heterocycles. The summed E-state index contributed by atoms with van der Waals surface area (Å²) in [5.41, 5.74) is 3.41. The lowest BCUT2D eigenvalue weighted by atomic mass is 10.1. The third kappa shape index (κ3) is 3.95. The first-order valence-electron chi connectivity index (χ1n) is 10.5. The van der Waals surface area contributed by atoms with E-state index in [2.05, 4.69) is 9.97 Å². The van der Waals surface area contributed by atoms with Gasteiger partial charge >= 0.3 is 0 Å². The van der Waals surface area contributed by atoms with Crippen molar-refractivity contribution in [1.29, 1.82) is 0 Å². The molecule has 1 atom stereocenters. The number of para-hydroxylation sites is 1. The Hall–Kier alpha value is -3.48. The van der Waals surface area contributed by atoms with Gasteiger partial charge in [-0.3, -0.25) is 14.4 Å². The van der Waals surface area contributed by atoms with Crippen LogP contribution in [0.25, 0.3) is 10.9 Å². The lowest BCUT2D eigenvalue weighted by Crippen LogP contribution is -2.37. The molecule has 0 saturated carbocycles. The molecular formula is C24H26N4O3. The molecule has 0 spiro atoms. The summed E-state index contributed by atoms with van der Waals surface area (Å²) >= 11 is 0. The van der Waals surface area contributed by atoms with E-state index in [9.17, 15) is 14.4 Å². The molecule has 2 aromatic carbocycles. The number of anilines is 1. The highest BCUT2D eigenvalue weighted by atomic mass is 16.2. The number of nitrogens with zero attached hydrogens (tertiary/aromatic N) is 3. The van der Waals surface area contributed by atoms with Crippen molar-refractivity contribution < 1.29 is 9.59 Å². The van der Waals surface area contributed by atoms with Crippen LogP contribution in [0.4, 0.5) is 5.69 Å². The Morgan fingerprint density at radius 1 is 1.16 bits per heavy atom. The fourth-order valence-corrected chi connectivity index (χ4v) is 4.13. The Balaban J connectivity index is 1.53. The number of hydrogen-bond acceptors (Lipinski definition) is 4. The van der Waals surface area contributed by atoms with Gasteiger partial charge in [-0.15, -0.1) is 0 Å². The average Bonchev–Trinajstić information content (AvgIpc) is 3.15. The maximum Gasteiger partial charge on any atom is 0.258 e. The number of amides is 2. The zero-order chi connectivity index (χ0) is 22.1. The molecule has 0 radical (unpaired) electrons. The van der Waals surface area contributed by atoms with E-state index in [1.807, 2.05) is 45.0 Å². The van der Waals surface area contributed by atoms with Gasteiger partial charge in [-0.2, -0.15) is 0 Å². The molecule has 2 amide bonds. The van der Waals surface area contributed by atoms with E-state index in [-0.39, 0.29) is 30.3 Å². The molecule has 160 valence electrons. The monoisotopic (exact) mass is 418 g/mol. The Morgan fingerprint density at radius 3 is 2.71 bits per heavy atom. The Morgan fingerprint density at radius 2 is 1.94 bits per heavy atom. The van der Waals surface area contributed by atoms with Crippen molar-refractivity contribution in [2.45, 2.75) is 33.7 Å². The quantitative estimate of drug-likeness (QED) is 0.690. The molecule has 0 bridgehead atoms. The van der Waals surface area contributed by atoms with Crippen LogP contribution in [0.15, 0.2) is 47.3 Å². The summed E-state index contributed by atoms with van der Waals surface area (Å²) in [5.74, 6) is -0.117. The van der Waals surface area contributed by atoms with Gasteiger partial charge in [-0.1, -0.05) is 24.3 Å². The zero-order valence-corrected chi connectivity index (χ0v) is 18.0. The van der Waals surface area contributed by atoms with Crippen LogP contribution in [0, 0.1) is 19.8 Å². The number of aromatic nitrogens is 2. The standard InChI is InChI=1S/C24H26N4O3/c1-4-27(14-21-25-19-10-6-5-9-18(19)23(30)26-21)24(31)17-12-22(29)28(13-17)20-11-7-8-15(2)16(20)3/h5-11,17H,4,12-14H2,1-3H3,(H,25,26,30). The first-order chi connectivity index (χ1) is 14.9. The highest BCUT2D eigenvalue weighted by Gasteiger charge is 2.37. The minimum atomic E-state index is -0.417. The fraction of sp³-hybridized carbons (Fsp3) is 0.333. The molecule has 1 aliphatic rings. The highest BCUT2D eigenvalue weighted by molar-refractivity contribution is 6.01. The van der Waals surface area contributed by atoms with Crippen LogP contribution >= 0.6 is 0 Å². The van der Waals surface area contributed by atoms with Crippen LogP contribution < -0.4 is 10.5 Å². The van der Waals surface area contributed by atoms with Crippen molar-refractivity contribution in [3.63, 3.8) is 0 Å². The summed E-state index contributed by atoms with van der Waals surface area (Å²) in [5, 5.41) is 0.520. The smallest absolute Gasteiger partial charge is 0.258 e. The van der Waals surface area contributed by atoms with Crippen LogP contribution in [-0.4, -0.2) is 39.8 Å². The molecule has 0 aliphatic carbocycles. The number of H-pyrrole nitrogens is 1. The maximum absolute atomic E-state index is 13.2. The number of fused-ring (bicyclic) bond motifs is 1. The molecule has 31 heavy (non-hydrogen) atoms. The molecule has 7 heteroatoms. The SMILES string of the molecule is CCN(Cc1nc2ccccc2c(=O)[nH]1)C(=O)C1CC(=O)N(c2cccc(C)c2C)C1. The number of nitrogens with one attached hydrogen (secondary N) is 1. The van der Waals surface area contributed by atoms with Crippen molar-refractivity contribution in [1.82, 2.24) is 14.9 Å². The average molecular weight is 418 g/mol. The predicted molar refractivity (Wildman–Crippen MR) is 120 cm³/mol.